The lowest BCUT2D eigenvalue weighted by Crippen LogP contribution is -2.05. The summed E-state index contributed by atoms with van der Waals surface area (Å²) in [5, 5.41) is 4.28. The first-order valence-electron chi connectivity index (χ1n) is 4.37. The number of halogens is 2. The van der Waals surface area contributed by atoms with Crippen molar-refractivity contribution >= 4 is 17.2 Å². The lowest BCUT2D eigenvalue weighted by Gasteiger charge is -2.04. The third kappa shape index (κ3) is 2.43. The quantitative estimate of drug-likeness (QED) is 0.863. The summed E-state index contributed by atoms with van der Waals surface area (Å²) < 4.78 is 25.7. The SMILES string of the molecule is O=c1[nH]c(CNc2ncc(F)cc2F)cs1. The highest BCUT2D eigenvalue weighted by Gasteiger charge is 2.05. The Balaban J connectivity index is 2.07. The normalized spacial score (nSPS) is 10.4. The number of anilines is 1. The van der Waals surface area contributed by atoms with E-state index in [-0.39, 0.29) is 17.2 Å². The van der Waals surface area contributed by atoms with Crippen LogP contribution in [0.1, 0.15) is 5.69 Å². The highest BCUT2D eigenvalue weighted by atomic mass is 32.1. The van der Waals surface area contributed by atoms with Crippen molar-refractivity contribution in [2.75, 3.05) is 5.32 Å². The van der Waals surface area contributed by atoms with Gasteiger partial charge in [0.25, 0.3) is 0 Å². The van der Waals surface area contributed by atoms with Crippen LogP contribution in [0.25, 0.3) is 0 Å². The second kappa shape index (κ2) is 4.40. The monoisotopic (exact) mass is 243 g/mol. The van der Waals surface area contributed by atoms with E-state index in [4.69, 9.17) is 0 Å². The van der Waals surface area contributed by atoms with Crippen LogP contribution in [0.5, 0.6) is 0 Å². The largest absolute Gasteiger partial charge is 0.362 e. The molecule has 0 aliphatic carbocycles. The van der Waals surface area contributed by atoms with Crippen LogP contribution < -0.4 is 10.2 Å². The van der Waals surface area contributed by atoms with Crippen LogP contribution in [0.2, 0.25) is 0 Å². The highest BCUT2D eigenvalue weighted by Crippen LogP contribution is 2.11. The smallest absolute Gasteiger partial charge is 0.304 e. The zero-order valence-corrected chi connectivity index (χ0v) is 8.78. The van der Waals surface area contributed by atoms with Gasteiger partial charge in [0.1, 0.15) is 5.82 Å². The summed E-state index contributed by atoms with van der Waals surface area (Å²) >= 11 is 1.02. The van der Waals surface area contributed by atoms with Crippen molar-refractivity contribution in [3.63, 3.8) is 0 Å². The Morgan fingerprint density at radius 3 is 2.94 bits per heavy atom. The van der Waals surface area contributed by atoms with E-state index in [1.165, 1.54) is 0 Å². The van der Waals surface area contributed by atoms with Crippen molar-refractivity contribution in [3.05, 3.63) is 44.6 Å². The molecule has 0 unspecified atom stereocenters. The lowest BCUT2D eigenvalue weighted by atomic mass is 10.4. The number of H-pyrrole nitrogens is 1. The van der Waals surface area contributed by atoms with Gasteiger partial charge in [-0.05, 0) is 0 Å². The van der Waals surface area contributed by atoms with Gasteiger partial charge in [0.15, 0.2) is 11.6 Å². The number of nitrogens with zero attached hydrogens (tertiary/aromatic N) is 1. The number of aromatic amines is 1. The first-order valence-corrected chi connectivity index (χ1v) is 5.25. The molecule has 0 atom stereocenters. The van der Waals surface area contributed by atoms with Crippen molar-refractivity contribution in [3.8, 4) is 0 Å². The summed E-state index contributed by atoms with van der Waals surface area (Å²) in [6.07, 6.45) is 0.918. The molecule has 0 bridgehead atoms. The van der Waals surface area contributed by atoms with Gasteiger partial charge in [0, 0.05) is 17.1 Å². The molecule has 0 radical (unpaired) electrons. The molecule has 0 saturated heterocycles. The molecule has 0 saturated carbocycles. The maximum Gasteiger partial charge on any atom is 0.304 e. The Morgan fingerprint density at radius 1 is 1.50 bits per heavy atom. The average molecular weight is 243 g/mol. The topological polar surface area (TPSA) is 57.8 Å². The minimum absolute atomic E-state index is 0.0477. The van der Waals surface area contributed by atoms with Gasteiger partial charge >= 0.3 is 4.87 Å². The molecule has 0 aliphatic heterocycles. The molecule has 0 amide bonds. The van der Waals surface area contributed by atoms with Crippen LogP contribution in [0.3, 0.4) is 0 Å². The van der Waals surface area contributed by atoms with Crippen molar-refractivity contribution < 1.29 is 8.78 Å². The van der Waals surface area contributed by atoms with Gasteiger partial charge < -0.3 is 10.3 Å². The lowest BCUT2D eigenvalue weighted by molar-refractivity contribution is 0.575. The van der Waals surface area contributed by atoms with Gasteiger partial charge in [-0.25, -0.2) is 13.8 Å². The van der Waals surface area contributed by atoms with Crippen molar-refractivity contribution in [1.29, 1.82) is 0 Å². The van der Waals surface area contributed by atoms with Gasteiger partial charge in [-0.15, -0.1) is 0 Å². The summed E-state index contributed by atoms with van der Waals surface area (Å²) in [7, 11) is 0. The third-order valence-corrected chi connectivity index (χ3v) is 2.54. The molecule has 0 aromatic carbocycles. The summed E-state index contributed by atoms with van der Waals surface area (Å²) in [6, 6.07) is 0.742. The number of hydrogen-bond acceptors (Lipinski definition) is 4. The first kappa shape index (κ1) is 10.7. The molecule has 2 aromatic heterocycles. The fourth-order valence-corrected chi connectivity index (χ4v) is 1.71. The van der Waals surface area contributed by atoms with Gasteiger partial charge in [-0.3, -0.25) is 4.79 Å². The Bertz CT molecular complexity index is 552. The zero-order chi connectivity index (χ0) is 11.5. The fraction of sp³-hybridized carbons (Fsp3) is 0.111. The van der Waals surface area contributed by atoms with Crippen LogP contribution >= 0.6 is 11.3 Å². The molecular weight excluding hydrogens is 236 g/mol. The van der Waals surface area contributed by atoms with E-state index in [9.17, 15) is 13.6 Å². The van der Waals surface area contributed by atoms with E-state index in [1.807, 2.05) is 0 Å². The van der Waals surface area contributed by atoms with E-state index in [1.54, 1.807) is 5.38 Å². The van der Waals surface area contributed by atoms with Crippen LogP contribution in [-0.2, 0) is 6.54 Å². The molecule has 84 valence electrons. The van der Waals surface area contributed by atoms with Crippen molar-refractivity contribution in [1.82, 2.24) is 9.97 Å². The Hall–Kier alpha value is -1.76. The number of hydrogen-bond donors (Lipinski definition) is 2. The molecule has 2 N–H and O–H groups in total. The number of nitrogens with one attached hydrogen (secondary N) is 2. The number of thiazole rings is 1. The molecule has 16 heavy (non-hydrogen) atoms. The standard InChI is InChI=1S/C9H7F2N3OS/c10-5-1-7(11)8(12-2-5)13-3-6-4-16-9(15)14-6/h1-2,4H,3H2,(H,12,13)(H,14,15). The van der Waals surface area contributed by atoms with Crippen LogP contribution in [0.4, 0.5) is 14.6 Å². The van der Waals surface area contributed by atoms with E-state index < -0.39 is 11.6 Å². The van der Waals surface area contributed by atoms with Gasteiger partial charge in [-0.1, -0.05) is 11.3 Å². The fourth-order valence-electron chi connectivity index (χ4n) is 1.12. The van der Waals surface area contributed by atoms with E-state index in [0.717, 1.165) is 23.6 Å². The second-order valence-electron chi connectivity index (χ2n) is 3.01. The Labute approximate surface area is 93.0 Å². The highest BCUT2D eigenvalue weighted by molar-refractivity contribution is 7.07. The molecule has 0 fully saturated rings. The Morgan fingerprint density at radius 2 is 2.31 bits per heavy atom. The second-order valence-corrected chi connectivity index (χ2v) is 3.85. The summed E-state index contributed by atoms with van der Waals surface area (Å²) in [6.45, 7) is 0.230. The van der Waals surface area contributed by atoms with Crippen molar-refractivity contribution in [2.45, 2.75) is 6.54 Å². The zero-order valence-electron chi connectivity index (χ0n) is 7.96. The van der Waals surface area contributed by atoms with E-state index >= 15 is 0 Å². The summed E-state index contributed by atoms with van der Waals surface area (Å²) in [5.41, 5.74) is 0.625. The van der Waals surface area contributed by atoms with Gasteiger partial charge in [0.05, 0.1) is 12.7 Å². The number of aromatic nitrogens is 2. The molecule has 2 heterocycles. The minimum Gasteiger partial charge on any atom is -0.362 e. The van der Waals surface area contributed by atoms with Crippen molar-refractivity contribution in [2.24, 2.45) is 0 Å². The molecule has 7 heteroatoms. The molecule has 2 aromatic rings. The average Bonchev–Trinajstić information content (AvgIpc) is 2.63. The first-order chi connectivity index (χ1) is 7.65. The number of pyridine rings is 1. The summed E-state index contributed by atoms with van der Waals surface area (Å²) in [4.78, 5) is 16.7. The van der Waals surface area contributed by atoms with Crippen LogP contribution in [0.15, 0.2) is 22.4 Å². The van der Waals surface area contributed by atoms with Gasteiger partial charge in [0.2, 0.25) is 0 Å². The van der Waals surface area contributed by atoms with E-state index in [2.05, 4.69) is 15.3 Å². The summed E-state index contributed by atoms with van der Waals surface area (Å²) in [5.74, 6) is -1.54. The molecule has 4 nitrogen and oxygen atoms in total. The minimum atomic E-state index is -0.766. The molecule has 2 rings (SSSR count). The molecule has 0 aliphatic rings. The maximum atomic E-state index is 13.1. The number of rotatable bonds is 3. The predicted molar refractivity (Wildman–Crippen MR) is 56.4 cm³/mol. The maximum absolute atomic E-state index is 13.1. The third-order valence-electron chi connectivity index (χ3n) is 1.82. The molecule has 0 spiro atoms. The van der Waals surface area contributed by atoms with Crippen LogP contribution in [0, 0.1) is 11.6 Å². The van der Waals surface area contributed by atoms with E-state index in [0.29, 0.717) is 5.69 Å². The van der Waals surface area contributed by atoms with Crippen LogP contribution in [-0.4, -0.2) is 9.97 Å². The molecular formula is C9H7F2N3OS. The predicted octanol–water partition coefficient (Wildman–Crippen LogP) is 1.72. The Kier molecular flexibility index (Phi) is 2.95. The van der Waals surface area contributed by atoms with Gasteiger partial charge in [-0.2, -0.15) is 0 Å².